The summed E-state index contributed by atoms with van der Waals surface area (Å²) in [5, 5.41) is 12.2. The molecule has 7 heteroatoms. The van der Waals surface area contributed by atoms with Crippen molar-refractivity contribution in [3.63, 3.8) is 0 Å². The number of hydrogen-bond donors (Lipinski definition) is 2. The van der Waals surface area contributed by atoms with E-state index in [0.29, 0.717) is 0 Å². The first kappa shape index (κ1) is 16.9. The minimum Gasteiger partial charge on any atom is -0.465 e. The summed E-state index contributed by atoms with van der Waals surface area (Å²) in [5.74, 6) is -1.92. The topological polar surface area (TPSA) is 69.6 Å². The Hall–Kier alpha value is -2.96. The van der Waals surface area contributed by atoms with Crippen LogP contribution in [0, 0.1) is 11.6 Å². The molecule has 2 N–H and O–H groups in total. The van der Waals surface area contributed by atoms with Gasteiger partial charge in [-0.1, -0.05) is 30.3 Å². The van der Waals surface area contributed by atoms with Crippen LogP contribution in [0.15, 0.2) is 48.5 Å². The van der Waals surface area contributed by atoms with Crippen molar-refractivity contribution in [2.24, 2.45) is 0 Å². The van der Waals surface area contributed by atoms with Gasteiger partial charge in [0.05, 0.1) is 12.1 Å². The summed E-state index contributed by atoms with van der Waals surface area (Å²) < 4.78 is 27.1. The molecule has 0 aliphatic carbocycles. The van der Waals surface area contributed by atoms with Gasteiger partial charge in [0.15, 0.2) is 0 Å². The largest absolute Gasteiger partial charge is 0.465 e. The van der Waals surface area contributed by atoms with E-state index in [0.717, 1.165) is 28.7 Å². The van der Waals surface area contributed by atoms with E-state index in [2.05, 4.69) is 5.32 Å². The number of carbonyl (C=O) groups excluding carboxylic acids is 1. The lowest BCUT2D eigenvalue weighted by molar-refractivity contribution is -0.119. The Balaban J connectivity index is 1.93. The van der Waals surface area contributed by atoms with Crippen LogP contribution in [0.1, 0.15) is 23.6 Å². The minimum absolute atomic E-state index is 0.0675. The lowest BCUT2D eigenvalue weighted by Gasteiger charge is -2.30. The Kier molecular flexibility index (Phi) is 4.65. The molecule has 1 aliphatic rings. The zero-order chi connectivity index (χ0) is 18.0. The maximum atomic E-state index is 13.5. The van der Waals surface area contributed by atoms with Gasteiger partial charge in [-0.25, -0.2) is 13.6 Å². The summed E-state index contributed by atoms with van der Waals surface area (Å²) in [6.45, 7) is 0.0735. The predicted octanol–water partition coefficient (Wildman–Crippen LogP) is 3.07. The molecule has 0 radical (unpaired) electrons. The van der Waals surface area contributed by atoms with E-state index in [-0.39, 0.29) is 24.4 Å². The van der Waals surface area contributed by atoms with Crippen molar-refractivity contribution in [2.45, 2.75) is 25.0 Å². The molecule has 2 unspecified atom stereocenters. The number of carbonyl (C=O) groups is 2. The number of halogens is 2. The number of hydrogen-bond acceptors (Lipinski definition) is 2. The molecule has 0 aromatic heterocycles. The van der Waals surface area contributed by atoms with Crippen LogP contribution in [0.25, 0.3) is 0 Å². The van der Waals surface area contributed by atoms with Crippen LogP contribution in [0.2, 0.25) is 0 Å². The zero-order valence-electron chi connectivity index (χ0n) is 13.2. The number of nitrogens with zero attached hydrogens (tertiary/aromatic N) is 1. The van der Waals surface area contributed by atoms with Gasteiger partial charge in [0, 0.05) is 19.0 Å². The number of carboxylic acid groups (broad SMARTS) is 1. The molecule has 2 amide bonds. The molecule has 2 aromatic carbocycles. The fraction of sp³-hybridized carbons (Fsp3) is 0.222. The normalized spacial score (nSPS) is 19.5. The van der Waals surface area contributed by atoms with Gasteiger partial charge in [0.2, 0.25) is 5.91 Å². The van der Waals surface area contributed by atoms with Gasteiger partial charge in [-0.2, -0.15) is 0 Å². The Morgan fingerprint density at radius 2 is 1.80 bits per heavy atom. The minimum atomic E-state index is -1.20. The van der Waals surface area contributed by atoms with E-state index in [9.17, 15) is 23.5 Å². The van der Waals surface area contributed by atoms with Crippen LogP contribution >= 0.6 is 0 Å². The average molecular weight is 346 g/mol. The molecule has 2 atom stereocenters. The molecule has 0 bridgehead atoms. The van der Waals surface area contributed by atoms with Crippen molar-refractivity contribution >= 4 is 12.0 Å². The van der Waals surface area contributed by atoms with Gasteiger partial charge < -0.3 is 10.4 Å². The second kappa shape index (κ2) is 6.88. The van der Waals surface area contributed by atoms with Gasteiger partial charge in [-0.15, -0.1) is 0 Å². The fourth-order valence-electron chi connectivity index (χ4n) is 3.09. The van der Waals surface area contributed by atoms with Crippen LogP contribution in [-0.4, -0.2) is 28.0 Å². The van der Waals surface area contributed by atoms with E-state index in [1.54, 1.807) is 24.3 Å². The molecule has 0 spiro atoms. The summed E-state index contributed by atoms with van der Waals surface area (Å²) in [6.07, 6.45) is -1.27. The molecular formula is C18H16F2N2O3. The average Bonchev–Trinajstić information content (AvgIpc) is 2.94. The molecule has 5 nitrogen and oxygen atoms in total. The lowest BCUT2D eigenvalue weighted by Crippen LogP contribution is -2.42. The predicted molar refractivity (Wildman–Crippen MR) is 85.7 cm³/mol. The summed E-state index contributed by atoms with van der Waals surface area (Å²) >= 11 is 0. The molecule has 0 saturated carbocycles. The number of nitrogens with one attached hydrogen (secondary N) is 1. The highest BCUT2D eigenvalue weighted by molar-refractivity contribution is 5.81. The van der Waals surface area contributed by atoms with Crippen molar-refractivity contribution in [2.75, 3.05) is 0 Å². The number of rotatable bonds is 4. The molecular weight excluding hydrogens is 330 g/mol. The highest BCUT2D eigenvalue weighted by atomic mass is 19.1. The quantitative estimate of drug-likeness (QED) is 0.894. The van der Waals surface area contributed by atoms with E-state index in [1.807, 2.05) is 6.07 Å². The van der Waals surface area contributed by atoms with E-state index >= 15 is 0 Å². The first-order chi connectivity index (χ1) is 11.9. The van der Waals surface area contributed by atoms with E-state index in [1.165, 1.54) is 0 Å². The van der Waals surface area contributed by atoms with Crippen molar-refractivity contribution in [3.8, 4) is 0 Å². The molecule has 25 heavy (non-hydrogen) atoms. The summed E-state index contributed by atoms with van der Waals surface area (Å²) in [6, 6.07) is 10.3. The highest BCUT2D eigenvalue weighted by Gasteiger charge is 2.40. The monoisotopic (exact) mass is 346 g/mol. The van der Waals surface area contributed by atoms with Crippen molar-refractivity contribution in [1.29, 1.82) is 0 Å². The van der Waals surface area contributed by atoms with Crippen molar-refractivity contribution < 1.29 is 23.5 Å². The standard InChI is InChI=1S/C18H16F2N2O3/c19-13-6-12(7-14(20)8-13)17-15(9-16(23)21-17)22(18(24)25)10-11-4-2-1-3-5-11/h1-8,15,17H,9-10H2,(H,21,23)(H,24,25). The second-order valence-electron chi connectivity index (χ2n) is 5.92. The van der Waals surface area contributed by atoms with E-state index in [4.69, 9.17) is 0 Å². The third-order valence-electron chi connectivity index (χ3n) is 4.18. The van der Waals surface area contributed by atoms with Gasteiger partial charge in [-0.05, 0) is 23.3 Å². The fourth-order valence-corrected chi connectivity index (χ4v) is 3.09. The lowest BCUT2D eigenvalue weighted by atomic mass is 9.98. The maximum absolute atomic E-state index is 13.5. The first-order valence-electron chi connectivity index (χ1n) is 7.73. The summed E-state index contributed by atoms with van der Waals surface area (Å²) in [7, 11) is 0. The summed E-state index contributed by atoms with van der Waals surface area (Å²) in [4.78, 5) is 24.7. The van der Waals surface area contributed by atoms with Gasteiger partial charge in [0.1, 0.15) is 11.6 Å². The maximum Gasteiger partial charge on any atom is 0.407 e. The molecule has 1 saturated heterocycles. The molecule has 1 fully saturated rings. The van der Waals surface area contributed by atoms with Gasteiger partial charge in [0.25, 0.3) is 0 Å². The SMILES string of the molecule is O=C1CC(N(Cc2ccccc2)C(=O)O)C(c2cc(F)cc(F)c2)N1. The smallest absolute Gasteiger partial charge is 0.407 e. The zero-order valence-corrected chi connectivity index (χ0v) is 13.2. The Morgan fingerprint density at radius 1 is 1.16 bits per heavy atom. The Labute approximate surface area is 142 Å². The first-order valence-corrected chi connectivity index (χ1v) is 7.73. The second-order valence-corrected chi connectivity index (χ2v) is 5.92. The highest BCUT2D eigenvalue weighted by Crippen LogP contribution is 2.31. The molecule has 3 rings (SSSR count). The van der Waals surface area contributed by atoms with E-state index < -0.39 is 29.8 Å². The number of benzene rings is 2. The van der Waals surface area contributed by atoms with Gasteiger partial charge in [-0.3, -0.25) is 9.69 Å². The Bertz CT molecular complexity index is 778. The number of amides is 2. The molecule has 2 aromatic rings. The molecule has 1 aliphatic heterocycles. The summed E-state index contributed by atoms with van der Waals surface area (Å²) in [5.41, 5.74) is 0.959. The molecule has 130 valence electrons. The van der Waals surface area contributed by atoms with Crippen LogP contribution in [0.5, 0.6) is 0 Å². The van der Waals surface area contributed by atoms with Crippen LogP contribution in [0.3, 0.4) is 0 Å². The van der Waals surface area contributed by atoms with Crippen molar-refractivity contribution in [1.82, 2.24) is 10.2 Å². The molecule has 1 heterocycles. The van der Waals surface area contributed by atoms with Crippen molar-refractivity contribution in [3.05, 3.63) is 71.3 Å². The van der Waals surface area contributed by atoms with Crippen LogP contribution in [-0.2, 0) is 11.3 Å². The third kappa shape index (κ3) is 3.76. The van der Waals surface area contributed by atoms with Crippen LogP contribution < -0.4 is 5.32 Å². The van der Waals surface area contributed by atoms with Gasteiger partial charge >= 0.3 is 6.09 Å². The Morgan fingerprint density at radius 3 is 2.40 bits per heavy atom. The van der Waals surface area contributed by atoms with Crippen LogP contribution in [0.4, 0.5) is 13.6 Å². The third-order valence-corrected chi connectivity index (χ3v) is 4.18.